The highest BCUT2D eigenvalue weighted by Crippen LogP contribution is 2.51. The van der Waals surface area contributed by atoms with Crippen molar-refractivity contribution in [1.29, 1.82) is 0 Å². The van der Waals surface area contributed by atoms with E-state index in [0.717, 1.165) is 18.4 Å². The molecule has 0 radical (unpaired) electrons. The van der Waals surface area contributed by atoms with Crippen LogP contribution in [0.1, 0.15) is 70.9 Å². The van der Waals surface area contributed by atoms with Gasteiger partial charge in [0.25, 0.3) is 0 Å². The van der Waals surface area contributed by atoms with Gasteiger partial charge in [0.2, 0.25) is 0 Å². The van der Waals surface area contributed by atoms with Crippen molar-refractivity contribution in [2.24, 2.45) is 5.41 Å². The Kier molecular flexibility index (Phi) is 6.37. The highest BCUT2D eigenvalue weighted by molar-refractivity contribution is 5.69. The van der Waals surface area contributed by atoms with Gasteiger partial charge >= 0.3 is 0 Å². The van der Waals surface area contributed by atoms with Crippen LogP contribution < -0.4 is 0 Å². The third-order valence-electron chi connectivity index (χ3n) is 5.38. The number of aryl methyl sites for hydroxylation is 1. The van der Waals surface area contributed by atoms with E-state index in [9.17, 15) is 8.78 Å². The van der Waals surface area contributed by atoms with Crippen molar-refractivity contribution in [3.8, 4) is 11.1 Å². The molecule has 0 amide bonds. The minimum Gasteiger partial charge on any atom is -0.207 e. The summed E-state index contributed by atoms with van der Waals surface area (Å²) in [5.41, 5.74) is 3.86. The van der Waals surface area contributed by atoms with Crippen LogP contribution in [0.4, 0.5) is 8.78 Å². The molecule has 0 saturated heterocycles. The van der Waals surface area contributed by atoms with Gasteiger partial charge in [-0.05, 0) is 65.5 Å². The monoisotopic (exact) mass is 344 g/mol. The van der Waals surface area contributed by atoms with Crippen LogP contribution in [0.25, 0.3) is 11.1 Å². The molecule has 2 heteroatoms. The number of hydrogen-bond acceptors (Lipinski definition) is 0. The van der Waals surface area contributed by atoms with Crippen molar-refractivity contribution in [2.45, 2.75) is 66.2 Å². The lowest BCUT2D eigenvalue weighted by Crippen LogP contribution is -2.16. The predicted molar refractivity (Wildman–Crippen MR) is 103 cm³/mol. The molecular formula is C23H30F2. The van der Waals surface area contributed by atoms with Gasteiger partial charge in [0.15, 0.2) is 0 Å². The van der Waals surface area contributed by atoms with E-state index in [1.807, 2.05) is 26.0 Å². The SMILES string of the molecule is CC.CCc1ccc(-c2cc(F)ccc2F)c(C2CCCC2(C)C)c1. The molecule has 1 unspecified atom stereocenters. The van der Waals surface area contributed by atoms with Gasteiger partial charge in [-0.2, -0.15) is 0 Å². The highest BCUT2D eigenvalue weighted by Gasteiger charge is 2.37. The van der Waals surface area contributed by atoms with Crippen molar-refractivity contribution in [3.63, 3.8) is 0 Å². The fourth-order valence-corrected chi connectivity index (χ4v) is 3.97. The van der Waals surface area contributed by atoms with E-state index in [4.69, 9.17) is 0 Å². The standard InChI is InChI=1S/C21H24F2.C2H6/c1-4-14-7-9-16(18-13-15(22)8-10-20(18)23)17(12-14)19-6-5-11-21(19,2)3;1-2/h7-10,12-13,19H,4-6,11H2,1-3H3;1-2H3. The van der Waals surface area contributed by atoms with E-state index in [1.165, 1.54) is 42.2 Å². The topological polar surface area (TPSA) is 0 Å². The molecule has 136 valence electrons. The maximum Gasteiger partial charge on any atom is 0.131 e. The van der Waals surface area contributed by atoms with Crippen LogP contribution in [0.2, 0.25) is 0 Å². The van der Waals surface area contributed by atoms with Crippen LogP contribution in [0.5, 0.6) is 0 Å². The molecule has 0 nitrogen and oxygen atoms in total. The fourth-order valence-electron chi connectivity index (χ4n) is 3.97. The second-order valence-electron chi connectivity index (χ2n) is 7.33. The zero-order valence-corrected chi connectivity index (χ0v) is 16.1. The molecule has 3 rings (SSSR count). The summed E-state index contributed by atoms with van der Waals surface area (Å²) < 4.78 is 28.0. The van der Waals surface area contributed by atoms with Gasteiger partial charge in [-0.3, -0.25) is 0 Å². The first kappa shape index (κ1) is 19.6. The lowest BCUT2D eigenvalue weighted by Gasteiger charge is -2.30. The predicted octanol–water partition coefficient (Wildman–Crippen LogP) is 7.51. The van der Waals surface area contributed by atoms with Crippen molar-refractivity contribution >= 4 is 0 Å². The molecule has 1 saturated carbocycles. The minimum atomic E-state index is -0.391. The van der Waals surface area contributed by atoms with Gasteiger partial charge < -0.3 is 0 Å². The maximum absolute atomic E-state index is 14.3. The zero-order chi connectivity index (χ0) is 18.6. The number of hydrogen-bond donors (Lipinski definition) is 0. The summed E-state index contributed by atoms with van der Waals surface area (Å²) in [4.78, 5) is 0. The smallest absolute Gasteiger partial charge is 0.131 e. The van der Waals surface area contributed by atoms with Crippen LogP contribution in [0, 0.1) is 17.0 Å². The first-order chi connectivity index (χ1) is 11.9. The molecule has 0 bridgehead atoms. The van der Waals surface area contributed by atoms with Gasteiger partial charge in [0.1, 0.15) is 11.6 Å². The minimum absolute atomic E-state index is 0.199. The summed E-state index contributed by atoms with van der Waals surface area (Å²) in [6, 6.07) is 9.94. The van der Waals surface area contributed by atoms with E-state index in [2.05, 4.69) is 26.8 Å². The van der Waals surface area contributed by atoms with Crippen LogP contribution in [0.3, 0.4) is 0 Å². The summed E-state index contributed by atoms with van der Waals surface area (Å²) in [5, 5.41) is 0. The molecule has 2 aromatic rings. The molecule has 0 N–H and O–H groups in total. The Balaban J connectivity index is 0.00000109. The molecule has 0 aliphatic heterocycles. The third kappa shape index (κ3) is 4.11. The van der Waals surface area contributed by atoms with E-state index in [0.29, 0.717) is 11.5 Å². The van der Waals surface area contributed by atoms with E-state index >= 15 is 0 Å². The van der Waals surface area contributed by atoms with Crippen molar-refractivity contribution < 1.29 is 8.78 Å². The van der Waals surface area contributed by atoms with Crippen molar-refractivity contribution in [1.82, 2.24) is 0 Å². The zero-order valence-electron chi connectivity index (χ0n) is 16.1. The van der Waals surface area contributed by atoms with Gasteiger partial charge in [0.05, 0.1) is 0 Å². The lowest BCUT2D eigenvalue weighted by atomic mass is 9.75. The maximum atomic E-state index is 14.3. The van der Waals surface area contributed by atoms with Gasteiger partial charge in [0, 0.05) is 5.56 Å². The highest BCUT2D eigenvalue weighted by atomic mass is 19.1. The molecule has 1 atom stereocenters. The van der Waals surface area contributed by atoms with Gasteiger partial charge in [-0.15, -0.1) is 0 Å². The van der Waals surface area contributed by atoms with Crippen LogP contribution in [-0.2, 0) is 6.42 Å². The van der Waals surface area contributed by atoms with Crippen LogP contribution in [0.15, 0.2) is 36.4 Å². The largest absolute Gasteiger partial charge is 0.207 e. The Labute approximate surface area is 151 Å². The Morgan fingerprint density at radius 3 is 2.32 bits per heavy atom. The summed E-state index contributed by atoms with van der Waals surface area (Å²) >= 11 is 0. The summed E-state index contributed by atoms with van der Waals surface area (Å²) in [6.45, 7) is 10.7. The molecule has 0 aromatic heterocycles. The Hall–Kier alpha value is -1.70. The number of benzene rings is 2. The first-order valence-corrected chi connectivity index (χ1v) is 9.50. The average molecular weight is 344 g/mol. The second-order valence-corrected chi connectivity index (χ2v) is 7.33. The molecule has 2 aromatic carbocycles. The summed E-state index contributed by atoms with van der Waals surface area (Å²) in [7, 11) is 0. The molecule has 0 spiro atoms. The Morgan fingerprint density at radius 1 is 1.00 bits per heavy atom. The summed E-state index contributed by atoms with van der Waals surface area (Å²) in [5.74, 6) is -0.350. The van der Waals surface area contributed by atoms with Gasteiger partial charge in [-0.25, -0.2) is 8.78 Å². The van der Waals surface area contributed by atoms with E-state index < -0.39 is 5.82 Å². The lowest BCUT2D eigenvalue weighted by molar-refractivity contribution is 0.332. The molecule has 25 heavy (non-hydrogen) atoms. The Morgan fingerprint density at radius 2 is 1.72 bits per heavy atom. The molecular weight excluding hydrogens is 314 g/mol. The normalized spacial score (nSPS) is 18.6. The second kappa shape index (κ2) is 8.12. The number of halogens is 2. The molecule has 1 fully saturated rings. The van der Waals surface area contributed by atoms with Crippen molar-refractivity contribution in [2.75, 3.05) is 0 Å². The summed E-state index contributed by atoms with van der Waals surface area (Å²) in [6.07, 6.45) is 4.44. The number of rotatable bonds is 3. The van der Waals surface area contributed by atoms with Gasteiger partial charge in [-0.1, -0.05) is 59.2 Å². The van der Waals surface area contributed by atoms with Crippen LogP contribution in [-0.4, -0.2) is 0 Å². The molecule has 0 heterocycles. The Bertz CT molecular complexity index is 716. The van der Waals surface area contributed by atoms with Crippen molar-refractivity contribution in [3.05, 3.63) is 59.2 Å². The third-order valence-corrected chi connectivity index (χ3v) is 5.38. The average Bonchev–Trinajstić information content (AvgIpc) is 2.97. The van der Waals surface area contributed by atoms with E-state index in [-0.39, 0.29) is 11.2 Å². The fraction of sp³-hybridized carbons (Fsp3) is 0.478. The quantitative estimate of drug-likeness (QED) is 0.540. The first-order valence-electron chi connectivity index (χ1n) is 9.50. The molecule has 1 aliphatic rings. The van der Waals surface area contributed by atoms with Crippen LogP contribution >= 0.6 is 0 Å². The van der Waals surface area contributed by atoms with E-state index in [1.54, 1.807) is 0 Å². The molecule has 1 aliphatic carbocycles.